The highest BCUT2D eigenvalue weighted by molar-refractivity contribution is 8.00. The van der Waals surface area contributed by atoms with Gasteiger partial charge in [-0.1, -0.05) is 48.5 Å². The van der Waals surface area contributed by atoms with Gasteiger partial charge < -0.3 is 39.6 Å². The lowest BCUT2D eigenvalue weighted by molar-refractivity contribution is -0.116. The van der Waals surface area contributed by atoms with E-state index < -0.39 is 17.1 Å². The van der Waals surface area contributed by atoms with Crippen LogP contribution in [0.3, 0.4) is 0 Å². The number of thioether (sulfide) groups is 1. The molecule has 272 valence electrons. The number of carbonyl (C=O) groups is 3. The Bertz CT molecular complexity index is 2050. The largest absolute Gasteiger partial charge is 0.497 e. The van der Waals surface area contributed by atoms with Gasteiger partial charge in [-0.15, -0.1) is 11.8 Å². The summed E-state index contributed by atoms with van der Waals surface area (Å²) in [7, 11) is 7.56. The summed E-state index contributed by atoms with van der Waals surface area (Å²) in [4.78, 5) is 41.5. The van der Waals surface area contributed by atoms with Crippen molar-refractivity contribution in [3.05, 3.63) is 138 Å². The highest BCUT2D eigenvalue weighted by atomic mass is 32.2. The molecule has 53 heavy (non-hydrogen) atoms. The molecule has 3 amide bonds. The summed E-state index contributed by atoms with van der Waals surface area (Å²) in [6, 6.07) is 33.6. The van der Waals surface area contributed by atoms with Crippen LogP contribution >= 0.6 is 11.8 Å². The predicted molar refractivity (Wildman–Crippen MR) is 206 cm³/mol. The molecule has 0 saturated carbocycles. The van der Waals surface area contributed by atoms with Gasteiger partial charge in [0.05, 0.1) is 41.2 Å². The first kappa shape index (κ1) is 37.8. The molecule has 0 saturated heterocycles. The van der Waals surface area contributed by atoms with Crippen LogP contribution in [0, 0.1) is 0 Å². The quantitative estimate of drug-likeness (QED) is 0.0735. The molecule has 0 aliphatic heterocycles. The number of benzene rings is 5. The van der Waals surface area contributed by atoms with Crippen LogP contribution in [-0.2, 0) is 9.59 Å². The fourth-order valence-corrected chi connectivity index (χ4v) is 6.27. The zero-order valence-corrected chi connectivity index (χ0v) is 30.6. The molecule has 0 aromatic heterocycles. The van der Waals surface area contributed by atoms with E-state index in [1.807, 2.05) is 42.5 Å². The second-order valence-electron chi connectivity index (χ2n) is 11.3. The first-order valence-corrected chi connectivity index (χ1v) is 17.2. The number of hydrogen-bond acceptors (Lipinski definition) is 9. The molecule has 0 fully saturated rings. The number of ether oxygens (including phenoxy) is 5. The van der Waals surface area contributed by atoms with Gasteiger partial charge in [-0.25, -0.2) is 0 Å². The highest BCUT2D eigenvalue weighted by Gasteiger charge is 2.24. The Morgan fingerprint density at radius 3 is 1.85 bits per heavy atom. The van der Waals surface area contributed by atoms with Crippen molar-refractivity contribution in [1.29, 1.82) is 0 Å². The Labute approximate surface area is 312 Å². The predicted octanol–water partition coefficient (Wildman–Crippen LogP) is 7.61. The van der Waals surface area contributed by atoms with Gasteiger partial charge in [-0.05, 0) is 77.9 Å². The third kappa shape index (κ3) is 9.69. The summed E-state index contributed by atoms with van der Waals surface area (Å²) < 4.78 is 27.2. The molecule has 5 rings (SSSR count). The van der Waals surface area contributed by atoms with Crippen molar-refractivity contribution < 1.29 is 38.1 Å². The molecule has 0 aliphatic carbocycles. The molecule has 0 spiro atoms. The number of hydrogen-bond donors (Lipinski definition) is 3. The van der Waals surface area contributed by atoms with Crippen molar-refractivity contribution in [2.45, 2.75) is 10.1 Å². The second-order valence-corrected chi connectivity index (χ2v) is 12.5. The number of nitrogens with one attached hydrogen (secondary N) is 3. The minimum atomic E-state index is -0.621. The molecule has 0 heterocycles. The van der Waals surface area contributed by atoms with Crippen LogP contribution in [0.4, 0.5) is 11.4 Å². The maximum Gasteiger partial charge on any atom is 0.272 e. The van der Waals surface area contributed by atoms with Gasteiger partial charge in [0.25, 0.3) is 11.8 Å². The monoisotopic (exact) mass is 733 g/mol. The molecule has 12 heteroatoms. The van der Waals surface area contributed by atoms with Gasteiger partial charge in [-0.3, -0.25) is 14.4 Å². The standard InChI is InChI=1S/C41H39N3O8S/c1-48-30-18-21-32(34(25-30)49-2)43-41(47)38(27-12-8-6-9-13-27)53-31-19-16-29(17-20-31)42-40(46)33(44-39(45)28-14-10-7-11-15-28)22-26-23-35(50-3)37(52-5)36(24-26)51-4/h6-25,38H,1-5H3,(H,42,46)(H,43,47)(H,44,45)/b33-22-. The van der Waals surface area contributed by atoms with Crippen LogP contribution in [0.5, 0.6) is 28.7 Å². The Kier molecular flexibility index (Phi) is 13.0. The number of carbonyl (C=O) groups excluding carboxylic acids is 3. The molecular formula is C41H39N3O8S. The Morgan fingerprint density at radius 2 is 1.26 bits per heavy atom. The Hall–Kier alpha value is -6.40. The minimum absolute atomic E-state index is 0.0265. The van der Waals surface area contributed by atoms with E-state index >= 15 is 0 Å². The van der Waals surface area contributed by atoms with Gasteiger partial charge in [0.1, 0.15) is 22.4 Å². The first-order valence-electron chi connectivity index (χ1n) is 16.3. The second kappa shape index (κ2) is 18.2. The summed E-state index contributed by atoms with van der Waals surface area (Å²) in [6.07, 6.45) is 1.52. The molecule has 0 bridgehead atoms. The van der Waals surface area contributed by atoms with E-state index in [2.05, 4.69) is 16.0 Å². The van der Waals surface area contributed by atoms with Crippen LogP contribution < -0.4 is 39.6 Å². The third-order valence-corrected chi connectivity index (χ3v) is 9.17. The summed E-state index contributed by atoms with van der Waals surface area (Å²) in [5.74, 6) is 0.922. The van der Waals surface area contributed by atoms with Crippen LogP contribution in [-0.4, -0.2) is 53.3 Å². The van der Waals surface area contributed by atoms with E-state index in [1.54, 1.807) is 79.9 Å². The fraction of sp³-hybridized carbons (Fsp3) is 0.146. The van der Waals surface area contributed by atoms with Crippen molar-refractivity contribution in [3.8, 4) is 28.7 Å². The van der Waals surface area contributed by atoms with E-state index in [1.165, 1.54) is 46.3 Å². The molecule has 0 radical (unpaired) electrons. The van der Waals surface area contributed by atoms with Gasteiger partial charge in [0, 0.05) is 22.2 Å². The molecule has 11 nitrogen and oxygen atoms in total. The molecule has 5 aromatic rings. The number of methoxy groups -OCH3 is 5. The normalized spacial score (nSPS) is 11.5. The van der Waals surface area contributed by atoms with Gasteiger partial charge in [0.2, 0.25) is 11.7 Å². The Balaban J connectivity index is 1.38. The zero-order chi connectivity index (χ0) is 37.7. The van der Waals surface area contributed by atoms with Gasteiger partial charge >= 0.3 is 0 Å². The highest BCUT2D eigenvalue weighted by Crippen LogP contribution is 2.40. The SMILES string of the molecule is COc1ccc(NC(=O)C(Sc2ccc(NC(=O)/C(=C/c3cc(OC)c(OC)c(OC)c3)NC(=O)c3ccccc3)cc2)c2ccccc2)c(OC)c1. The van der Waals surface area contributed by atoms with Gasteiger partial charge in [-0.2, -0.15) is 0 Å². The summed E-state index contributed by atoms with van der Waals surface area (Å²) >= 11 is 1.35. The average molecular weight is 734 g/mol. The lowest BCUT2D eigenvalue weighted by Crippen LogP contribution is -2.30. The first-order chi connectivity index (χ1) is 25.8. The van der Waals surface area contributed by atoms with Crippen molar-refractivity contribution in [3.63, 3.8) is 0 Å². The van der Waals surface area contributed by atoms with Crippen LogP contribution in [0.25, 0.3) is 6.08 Å². The number of rotatable bonds is 15. The Morgan fingerprint density at radius 1 is 0.642 bits per heavy atom. The number of anilines is 2. The average Bonchev–Trinajstić information content (AvgIpc) is 3.20. The van der Waals surface area contributed by atoms with E-state index in [0.717, 1.165) is 10.5 Å². The van der Waals surface area contributed by atoms with Crippen molar-refractivity contribution in [1.82, 2.24) is 5.32 Å². The van der Waals surface area contributed by atoms with Crippen LogP contribution in [0.15, 0.2) is 126 Å². The lowest BCUT2D eigenvalue weighted by atomic mass is 10.1. The lowest BCUT2D eigenvalue weighted by Gasteiger charge is -2.19. The topological polar surface area (TPSA) is 133 Å². The molecule has 5 aromatic carbocycles. The number of amides is 3. The molecule has 0 aliphatic rings. The van der Waals surface area contributed by atoms with Crippen molar-refractivity contribution >= 4 is 46.9 Å². The molecule has 1 unspecified atom stereocenters. The summed E-state index contributed by atoms with van der Waals surface area (Å²) in [6.45, 7) is 0. The van der Waals surface area contributed by atoms with E-state index in [9.17, 15) is 14.4 Å². The van der Waals surface area contributed by atoms with E-state index in [4.69, 9.17) is 23.7 Å². The third-order valence-electron chi connectivity index (χ3n) is 7.90. The molecule has 1 atom stereocenters. The van der Waals surface area contributed by atoms with E-state index in [0.29, 0.717) is 51.2 Å². The smallest absolute Gasteiger partial charge is 0.272 e. The molecule has 3 N–H and O–H groups in total. The maximum absolute atomic E-state index is 13.8. The minimum Gasteiger partial charge on any atom is -0.497 e. The van der Waals surface area contributed by atoms with Crippen LogP contribution in [0.1, 0.15) is 26.7 Å². The molecular weight excluding hydrogens is 695 g/mol. The summed E-state index contributed by atoms with van der Waals surface area (Å²) in [5.41, 5.74) is 2.64. The zero-order valence-electron chi connectivity index (χ0n) is 29.8. The summed E-state index contributed by atoms with van der Waals surface area (Å²) in [5, 5.41) is 7.98. The fourth-order valence-electron chi connectivity index (χ4n) is 5.25. The van der Waals surface area contributed by atoms with E-state index in [-0.39, 0.29) is 11.6 Å². The van der Waals surface area contributed by atoms with Crippen molar-refractivity contribution in [2.75, 3.05) is 46.2 Å². The van der Waals surface area contributed by atoms with Gasteiger partial charge in [0.15, 0.2) is 11.5 Å². The maximum atomic E-state index is 13.8. The van der Waals surface area contributed by atoms with Crippen LogP contribution in [0.2, 0.25) is 0 Å². The van der Waals surface area contributed by atoms with Crippen molar-refractivity contribution in [2.24, 2.45) is 0 Å².